The number of halogens is 1. The van der Waals surface area contributed by atoms with Crippen molar-refractivity contribution in [2.75, 3.05) is 5.73 Å². The van der Waals surface area contributed by atoms with Crippen LogP contribution in [0, 0.1) is 0 Å². The van der Waals surface area contributed by atoms with E-state index in [1.165, 1.54) is 0 Å². The molecular weight excluding hydrogens is 284 g/mol. The van der Waals surface area contributed by atoms with E-state index in [4.69, 9.17) is 17.3 Å². The van der Waals surface area contributed by atoms with Crippen LogP contribution >= 0.6 is 11.6 Å². The van der Waals surface area contributed by atoms with Gasteiger partial charge in [0.1, 0.15) is 0 Å². The maximum absolute atomic E-state index is 12.4. The van der Waals surface area contributed by atoms with Crippen LogP contribution in [0.1, 0.15) is 15.9 Å². The molecule has 3 rings (SSSR count). The topological polar surface area (TPSA) is 56.0 Å². The number of anilines is 1. The van der Waals surface area contributed by atoms with Crippen molar-refractivity contribution in [3.8, 4) is 0 Å². The number of carbonyl (C=O) groups is 1. The maximum atomic E-state index is 12.4. The van der Waals surface area contributed by atoms with Crippen molar-refractivity contribution in [1.29, 1.82) is 0 Å². The van der Waals surface area contributed by atoms with Crippen LogP contribution in [0.5, 0.6) is 0 Å². The molecule has 1 aromatic heterocycles. The normalized spacial score (nSPS) is 10.7. The Morgan fingerprint density at radius 3 is 2.76 bits per heavy atom. The molecule has 0 saturated carbocycles. The van der Waals surface area contributed by atoms with Gasteiger partial charge in [0, 0.05) is 23.6 Å². The summed E-state index contributed by atoms with van der Waals surface area (Å²) in [6.45, 7) is 0. The van der Waals surface area contributed by atoms with Crippen molar-refractivity contribution in [2.24, 2.45) is 0 Å². The second-order valence-corrected chi connectivity index (χ2v) is 5.23. The van der Waals surface area contributed by atoms with E-state index in [1.807, 2.05) is 30.3 Å². The number of rotatable bonds is 3. The molecule has 0 atom stereocenters. The summed E-state index contributed by atoms with van der Waals surface area (Å²) in [5.74, 6) is 0.00900. The number of ketones is 1. The molecule has 0 aliphatic carbocycles. The lowest BCUT2D eigenvalue weighted by Gasteiger charge is -2.06. The van der Waals surface area contributed by atoms with Crippen molar-refractivity contribution in [3.63, 3.8) is 0 Å². The number of pyridine rings is 1. The van der Waals surface area contributed by atoms with Crippen LogP contribution in [0.3, 0.4) is 0 Å². The number of nitrogen functional groups attached to an aromatic ring is 1. The average Bonchev–Trinajstić information content (AvgIpc) is 2.50. The minimum Gasteiger partial charge on any atom is -0.398 e. The molecule has 0 amide bonds. The van der Waals surface area contributed by atoms with E-state index in [0.29, 0.717) is 22.7 Å². The van der Waals surface area contributed by atoms with Gasteiger partial charge in [0.2, 0.25) is 0 Å². The molecule has 0 fully saturated rings. The zero-order valence-electron chi connectivity index (χ0n) is 11.2. The number of benzene rings is 2. The Bertz CT molecular complexity index is 825. The van der Waals surface area contributed by atoms with Gasteiger partial charge < -0.3 is 5.73 Å². The first-order chi connectivity index (χ1) is 10.1. The molecule has 21 heavy (non-hydrogen) atoms. The van der Waals surface area contributed by atoms with Gasteiger partial charge in [0.25, 0.3) is 0 Å². The van der Waals surface area contributed by atoms with E-state index < -0.39 is 0 Å². The number of carbonyl (C=O) groups excluding carboxylic acids is 1. The molecular formula is C17H13ClN2O. The Hall–Kier alpha value is -2.39. The molecule has 104 valence electrons. The summed E-state index contributed by atoms with van der Waals surface area (Å²) in [4.78, 5) is 16.7. The van der Waals surface area contributed by atoms with Gasteiger partial charge in [-0.15, -0.1) is 0 Å². The van der Waals surface area contributed by atoms with Gasteiger partial charge >= 0.3 is 0 Å². The molecule has 0 unspecified atom stereocenters. The van der Waals surface area contributed by atoms with Crippen molar-refractivity contribution < 1.29 is 4.79 Å². The average molecular weight is 297 g/mol. The molecule has 4 heteroatoms. The summed E-state index contributed by atoms with van der Waals surface area (Å²) in [5, 5.41) is 1.45. The zero-order valence-corrected chi connectivity index (χ0v) is 12.0. The third-order valence-electron chi connectivity index (χ3n) is 3.41. The summed E-state index contributed by atoms with van der Waals surface area (Å²) in [7, 11) is 0. The highest BCUT2D eigenvalue weighted by atomic mass is 35.5. The van der Waals surface area contributed by atoms with Crippen LogP contribution in [0.15, 0.2) is 54.7 Å². The first-order valence-electron chi connectivity index (χ1n) is 6.56. The van der Waals surface area contributed by atoms with Gasteiger partial charge in [0.15, 0.2) is 5.78 Å². The predicted molar refractivity (Wildman–Crippen MR) is 85.6 cm³/mol. The van der Waals surface area contributed by atoms with E-state index in [-0.39, 0.29) is 5.78 Å². The lowest BCUT2D eigenvalue weighted by molar-refractivity contribution is 0.0993. The predicted octanol–water partition coefficient (Wildman–Crippen LogP) is 3.90. The summed E-state index contributed by atoms with van der Waals surface area (Å²) < 4.78 is 0. The molecule has 3 nitrogen and oxygen atoms in total. The van der Waals surface area contributed by atoms with E-state index in [1.54, 1.807) is 24.4 Å². The van der Waals surface area contributed by atoms with Crippen LogP contribution in [0.4, 0.5) is 5.69 Å². The van der Waals surface area contributed by atoms with Crippen LogP contribution in [-0.4, -0.2) is 10.8 Å². The number of nitrogens with two attached hydrogens (primary N) is 1. The maximum Gasteiger partial charge on any atom is 0.167 e. The molecule has 0 aliphatic rings. The van der Waals surface area contributed by atoms with Crippen LogP contribution in [0.25, 0.3) is 10.9 Å². The standard InChI is InChI=1S/C17H13ClN2O/c18-14-6-5-12(9-15(14)19)17(21)10-11-7-8-20-16-4-2-1-3-13(11)16/h1-9H,10,19H2. The molecule has 0 spiro atoms. The van der Waals surface area contributed by atoms with E-state index in [9.17, 15) is 4.79 Å². The first kappa shape index (κ1) is 13.6. The van der Waals surface area contributed by atoms with Crippen molar-refractivity contribution in [3.05, 3.63) is 70.9 Å². The Labute approximate surface area is 127 Å². The second-order valence-electron chi connectivity index (χ2n) is 4.82. The monoisotopic (exact) mass is 296 g/mol. The molecule has 3 aromatic rings. The minimum absolute atomic E-state index is 0.00900. The van der Waals surface area contributed by atoms with Crippen LogP contribution in [0.2, 0.25) is 5.02 Å². The highest BCUT2D eigenvalue weighted by molar-refractivity contribution is 6.33. The van der Waals surface area contributed by atoms with Gasteiger partial charge in [-0.05, 0) is 35.9 Å². The smallest absolute Gasteiger partial charge is 0.167 e. The number of fused-ring (bicyclic) bond motifs is 1. The SMILES string of the molecule is Nc1cc(C(=O)Cc2ccnc3ccccc23)ccc1Cl. The largest absolute Gasteiger partial charge is 0.398 e. The highest BCUT2D eigenvalue weighted by Gasteiger charge is 2.11. The number of nitrogens with zero attached hydrogens (tertiary/aromatic N) is 1. The Balaban J connectivity index is 1.94. The van der Waals surface area contributed by atoms with Crippen LogP contribution < -0.4 is 5.73 Å². The molecule has 1 heterocycles. The number of para-hydroxylation sites is 1. The van der Waals surface area contributed by atoms with Gasteiger partial charge in [-0.2, -0.15) is 0 Å². The Morgan fingerprint density at radius 2 is 1.95 bits per heavy atom. The van der Waals surface area contributed by atoms with Crippen molar-refractivity contribution in [1.82, 2.24) is 4.98 Å². The summed E-state index contributed by atoms with van der Waals surface area (Å²) in [6.07, 6.45) is 2.03. The molecule has 0 saturated heterocycles. The molecule has 0 bridgehead atoms. The third kappa shape index (κ3) is 2.73. The fourth-order valence-electron chi connectivity index (χ4n) is 2.30. The summed E-state index contributed by atoms with van der Waals surface area (Å²) in [5.41, 5.74) is 8.58. The highest BCUT2D eigenvalue weighted by Crippen LogP contribution is 2.22. The number of hydrogen-bond donors (Lipinski definition) is 1. The third-order valence-corrected chi connectivity index (χ3v) is 3.75. The van der Waals surface area contributed by atoms with Crippen molar-refractivity contribution in [2.45, 2.75) is 6.42 Å². The molecule has 2 aromatic carbocycles. The van der Waals surface area contributed by atoms with Gasteiger partial charge in [0.05, 0.1) is 16.2 Å². The second kappa shape index (κ2) is 5.54. The fourth-order valence-corrected chi connectivity index (χ4v) is 2.42. The minimum atomic E-state index is 0.00900. The van der Waals surface area contributed by atoms with E-state index in [2.05, 4.69) is 4.98 Å². The van der Waals surface area contributed by atoms with Gasteiger partial charge in [-0.3, -0.25) is 9.78 Å². The van der Waals surface area contributed by atoms with Gasteiger partial charge in [-0.25, -0.2) is 0 Å². The van der Waals surface area contributed by atoms with Crippen LogP contribution in [-0.2, 0) is 6.42 Å². The lowest BCUT2D eigenvalue weighted by Crippen LogP contribution is -2.05. The summed E-state index contributed by atoms with van der Waals surface area (Å²) in [6, 6.07) is 14.6. The van der Waals surface area contributed by atoms with E-state index in [0.717, 1.165) is 16.5 Å². The van der Waals surface area contributed by atoms with Crippen molar-refractivity contribution >= 4 is 34.0 Å². The van der Waals surface area contributed by atoms with E-state index >= 15 is 0 Å². The molecule has 2 N–H and O–H groups in total. The molecule has 0 aliphatic heterocycles. The fraction of sp³-hybridized carbons (Fsp3) is 0.0588. The molecule has 0 radical (unpaired) electrons. The number of hydrogen-bond acceptors (Lipinski definition) is 3. The quantitative estimate of drug-likeness (QED) is 0.589. The lowest BCUT2D eigenvalue weighted by atomic mass is 10.00. The summed E-state index contributed by atoms with van der Waals surface area (Å²) >= 11 is 5.88. The number of aromatic nitrogens is 1. The zero-order chi connectivity index (χ0) is 14.8. The number of Topliss-reactive ketones (excluding diaryl/α,β-unsaturated/α-hetero) is 1. The Kier molecular flexibility index (Phi) is 3.59. The Morgan fingerprint density at radius 1 is 1.14 bits per heavy atom. The first-order valence-corrected chi connectivity index (χ1v) is 6.94. The van der Waals surface area contributed by atoms with Gasteiger partial charge in [-0.1, -0.05) is 29.8 Å².